The maximum absolute atomic E-state index is 11.0. The summed E-state index contributed by atoms with van der Waals surface area (Å²) in [6.45, 7) is 2.19. The summed E-state index contributed by atoms with van der Waals surface area (Å²) >= 11 is 0. The average molecular weight is 270 g/mol. The van der Waals surface area contributed by atoms with Gasteiger partial charge in [-0.15, -0.1) is 0 Å². The van der Waals surface area contributed by atoms with Gasteiger partial charge in [-0.3, -0.25) is 4.79 Å². The second-order valence-corrected chi connectivity index (χ2v) is 4.45. The van der Waals surface area contributed by atoms with Gasteiger partial charge in [0.15, 0.2) is 6.29 Å². The Balaban J connectivity index is 2.08. The number of carbonyl (C=O) groups is 2. The van der Waals surface area contributed by atoms with Gasteiger partial charge < -0.3 is 9.84 Å². The minimum atomic E-state index is -0.959. The summed E-state index contributed by atoms with van der Waals surface area (Å²) in [6.07, 6.45) is 0.760. The zero-order chi connectivity index (χ0) is 14.5. The van der Waals surface area contributed by atoms with Gasteiger partial charge in [0.2, 0.25) is 0 Å². The molecule has 0 saturated heterocycles. The van der Waals surface area contributed by atoms with E-state index in [9.17, 15) is 9.59 Å². The molecular formula is C16H14O4. The van der Waals surface area contributed by atoms with Crippen LogP contribution in [0.15, 0.2) is 42.5 Å². The molecule has 102 valence electrons. The minimum Gasteiger partial charge on any atom is -0.488 e. The Kier molecular flexibility index (Phi) is 4.15. The Bertz CT molecular complexity index is 629. The predicted molar refractivity (Wildman–Crippen MR) is 74.3 cm³/mol. The number of aryl methyl sites for hydroxylation is 1. The van der Waals surface area contributed by atoms with E-state index in [0.717, 1.165) is 17.4 Å². The van der Waals surface area contributed by atoms with Crippen LogP contribution in [0, 0.1) is 6.92 Å². The number of carbonyl (C=O) groups excluding carboxylic acids is 1. The Morgan fingerprint density at radius 3 is 2.50 bits per heavy atom. The molecule has 0 spiro atoms. The van der Waals surface area contributed by atoms with Gasteiger partial charge in [0.05, 0.1) is 11.1 Å². The number of hydrogen-bond acceptors (Lipinski definition) is 3. The van der Waals surface area contributed by atoms with Gasteiger partial charge in [-0.05, 0) is 36.8 Å². The first-order valence-electron chi connectivity index (χ1n) is 6.11. The summed E-state index contributed by atoms with van der Waals surface area (Å²) in [5, 5.41) is 8.81. The lowest BCUT2D eigenvalue weighted by atomic mass is 10.1. The number of ether oxygens (including phenoxy) is 1. The van der Waals surface area contributed by atoms with E-state index in [1.54, 1.807) is 24.3 Å². The van der Waals surface area contributed by atoms with Crippen molar-refractivity contribution in [1.29, 1.82) is 0 Å². The van der Waals surface area contributed by atoms with Crippen molar-refractivity contribution in [2.45, 2.75) is 13.5 Å². The fourth-order valence-corrected chi connectivity index (χ4v) is 1.80. The summed E-state index contributed by atoms with van der Waals surface area (Å²) in [5.41, 5.74) is 2.57. The number of carboxylic acids is 1. The van der Waals surface area contributed by atoms with Crippen LogP contribution >= 0.6 is 0 Å². The molecule has 0 heterocycles. The molecule has 0 unspecified atom stereocenters. The molecule has 0 atom stereocenters. The zero-order valence-corrected chi connectivity index (χ0v) is 11.0. The van der Waals surface area contributed by atoms with Crippen LogP contribution in [-0.4, -0.2) is 17.4 Å². The molecule has 0 saturated carbocycles. The molecule has 4 nitrogen and oxygen atoms in total. The molecular weight excluding hydrogens is 256 g/mol. The van der Waals surface area contributed by atoms with E-state index in [2.05, 4.69) is 0 Å². The molecule has 0 radical (unpaired) electrons. The fourth-order valence-electron chi connectivity index (χ4n) is 1.80. The lowest BCUT2D eigenvalue weighted by Gasteiger charge is -2.09. The van der Waals surface area contributed by atoms with Gasteiger partial charge in [-0.1, -0.05) is 23.8 Å². The number of aromatic carboxylic acids is 1. The Labute approximate surface area is 116 Å². The van der Waals surface area contributed by atoms with Gasteiger partial charge in [-0.2, -0.15) is 0 Å². The van der Waals surface area contributed by atoms with Crippen molar-refractivity contribution in [2.24, 2.45) is 0 Å². The van der Waals surface area contributed by atoms with Crippen molar-refractivity contribution >= 4 is 12.3 Å². The number of aldehydes is 1. The molecule has 0 aliphatic rings. The SMILES string of the molecule is Cc1ccc(OCc2ccc(C(=O)O)cc2)c(C=O)c1. The molecule has 0 aliphatic carbocycles. The summed E-state index contributed by atoms with van der Waals surface area (Å²) in [7, 11) is 0. The van der Waals surface area contributed by atoms with E-state index in [4.69, 9.17) is 9.84 Å². The molecule has 2 aromatic carbocycles. The van der Waals surface area contributed by atoms with Crippen molar-refractivity contribution in [1.82, 2.24) is 0 Å². The minimum absolute atomic E-state index is 0.234. The van der Waals surface area contributed by atoms with Gasteiger partial charge in [-0.25, -0.2) is 4.79 Å². The third-order valence-electron chi connectivity index (χ3n) is 2.89. The lowest BCUT2D eigenvalue weighted by Crippen LogP contribution is -2.00. The molecule has 2 aromatic rings. The maximum atomic E-state index is 11.0. The highest BCUT2D eigenvalue weighted by Crippen LogP contribution is 2.19. The molecule has 0 aromatic heterocycles. The maximum Gasteiger partial charge on any atom is 0.335 e. The normalized spacial score (nSPS) is 10.1. The summed E-state index contributed by atoms with van der Waals surface area (Å²) in [5.74, 6) is -0.438. The van der Waals surface area contributed by atoms with Gasteiger partial charge in [0.1, 0.15) is 12.4 Å². The first-order chi connectivity index (χ1) is 9.60. The average Bonchev–Trinajstić information content (AvgIpc) is 2.46. The lowest BCUT2D eigenvalue weighted by molar-refractivity contribution is 0.0696. The molecule has 0 amide bonds. The van der Waals surface area contributed by atoms with Crippen LogP contribution in [0.4, 0.5) is 0 Å². The third-order valence-corrected chi connectivity index (χ3v) is 2.89. The largest absolute Gasteiger partial charge is 0.488 e. The van der Waals surface area contributed by atoms with Crippen molar-refractivity contribution in [3.8, 4) is 5.75 Å². The van der Waals surface area contributed by atoms with Gasteiger partial charge in [0.25, 0.3) is 0 Å². The first-order valence-corrected chi connectivity index (χ1v) is 6.11. The number of carboxylic acid groups (broad SMARTS) is 1. The van der Waals surface area contributed by atoms with Crippen LogP contribution in [0.2, 0.25) is 0 Å². The topological polar surface area (TPSA) is 63.6 Å². The molecule has 1 N–H and O–H groups in total. The van der Waals surface area contributed by atoms with Gasteiger partial charge in [0, 0.05) is 0 Å². The highest BCUT2D eigenvalue weighted by molar-refractivity contribution is 5.87. The molecule has 2 rings (SSSR count). The van der Waals surface area contributed by atoms with E-state index in [1.807, 2.05) is 13.0 Å². The fraction of sp³-hybridized carbons (Fsp3) is 0.125. The molecule has 20 heavy (non-hydrogen) atoms. The van der Waals surface area contributed by atoms with E-state index in [0.29, 0.717) is 11.3 Å². The van der Waals surface area contributed by atoms with E-state index >= 15 is 0 Å². The Morgan fingerprint density at radius 1 is 1.20 bits per heavy atom. The molecule has 0 fully saturated rings. The molecule has 0 aliphatic heterocycles. The van der Waals surface area contributed by atoms with E-state index in [1.165, 1.54) is 12.1 Å². The number of hydrogen-bond donors (Lipinski definition) is 1. The smallest absolute Gasteiger partial charge is 0.335 e. The third kappa shape index (κ3) is 3.23. The Morgan fingerprint density at radius 2 is 1.90 bits per heavy atom. The molecule has 4 heteroatoms. The number of rotatable bonds is 5. The highest BCUT2D eigenvalue weighted by atomic mass is 16.5. The molecule has 0 bridgehead atoms. The van der Waals surface area contributed by atoms with Crippen molar-refractivity contribution < 1.29 is 19.4 Å². The van der Waals surface area contributed by atoms with Crippen LogP contribution < -0.4 is 4.74 Å². The van der Waals surface area contributed by atoms with E-state index < -0.39 is 5.97 Å². The van der Waals surface area contributed by atoms with Crippen molar-refractivity contribution in [2.75, 3.05) is 0 Å². The Hall–Kier alpha value is -2.62. The monoisotopic (exact) mass is 270 g/mol. The second kappa shape index (κ2) is 6.02. The van der Waals surface area contributed by atoms with Crippen molar-refractivity contribution in [3.63, 3.8) is 0 Å². The quantitative estimate of drug-likeness (QED) is 0.848. The van der Waals surface area contributed by atoms with E-state index in [-0.39, 0.29) is 12.2 Å². The summed E-state index contributed by atoms with van der Waals surface area (Å²) < 4.78 is 5.59. The van der Waals surface area contributed by atoms with Crippen LogP contribution in [0.25, 0.3) is 0 Å². The number of benzene rings is 2. The van der Waals surface area contributed by atoms with Crippen LogP contribution in [0.3, 0.4) is 0 Å². The summed E-state index contributed by atoms with van der Waals surface area (Å²) in [4.78, 5) is 21.7. The van der Waals surface area contributed by atoms with Gasteiger partial charge >= 0.3 is 5.97 Å². The second-order valence-electron chi connectivity index (χ2n) is 4.45. The van der Waals surface area contributed by atoms with Crippen LogP contribution in [-0.2, 0) is 6.61 Å². The first kappa shape index (κ1) is 13.8. The van der Waals surface area contributed by atoms with Crippen LogP contribution in [0.1, 0.15) is 31.8 Å². The predicted octanol–water partition coefficient (Wildman–Crippen LogP) is 3.08. The van der Waals surface area contributed by atoms with Crippen LogP contribution in [0.5, 0.6) is 5.75 Å². The van der Waals surface area contributed by atoms with Crippen molar-refractivity contribution in [3.05, 3.63) is 64.7 Å². The standard InChI is InChI=1S/C16H14O4/c1-11-2-7-15(14(8-11)9-17)20-10-12-3-5-13(6-4-12)16(18)19/h2-9H,10H2,1H3,(H,18,19). The summed E-state index contributed by atoms with van der Waals surface area (Å²) in [6, 6.07) is 11.8. The zero-order valence-electron chi connectivity index (χ0n) is 11.0. The highest BCUT2D eigenvalue weighted by Gasteiger charge is 2.05.